The number of rotatable bonds is 3. The molecule has 0 amide bonds. The largest absolute Gasteiger partial charge is 0.0984 e. The highest BCUT2D eigenvalue weighted by Crippen LogP contribution is 2.40. The number of benzene rings is 6. The molecule has 0 unspecified atom stereocenters. The van der Waals surface area contributed by atoms with Gasteiger partial charge in [-0.15, -0.1) is 0 Å². The van der Waals surface area contributed by atoms with Gasteiger partial charge in [0.1, 0.15) is 0 Å². The van der Waals surface area contributed by atoms with Crippen molar-refractivity contribution in [3.8, 4) is 22.3 Å². The Morgan fingerprint density at radius 2 is 0.923 bits per heavy atom. The van der Waals surface area contributed by atoms with Crippen LogP contribution in [0.4, 0.5) is 0 Å². The number of aryl methyl sites for hydroxylation is 5. The predicted molar refractivity (Wildman–Crippen MR) is 173 cm³/mol. The second-order valence-corrected chi connectivity index (χ2v) is 10.6. The topological polar surface area (TPSA) is 0 Å². The lowest BCUT2D eigenvalue weighted by molar-refractivity contribution is 1.40. The van der Waals surface area contributed by atoms with E-state index in [2.05, 4.69) is 150 Å². The maximum atomic E-state index is 4.18. The van der Waals surface area contributed by atoms with Crippen LogP contribution in [0.25, 0.3) is 49.9 Å². The SMILES string of the molecule is C=Cc1cc(-c2c(C)ccc3ccccc23)c(C)cc1-c1c(C)ccc2ccccc12.Cc1ccc(C)cc1. The first-order chi connectivity index (χ1) is 18.9. The third-order valence-corrected chi connectivity index (χ3v) is 7.65. The fourth-order valence-electron chi connectivity index (χ4n) is 5.49. The average Bonchev–Trinajstić information content (AvgIpc) is 2.95. The van der Waals surface area contributed by atoms with Crippen molar-refractivity contribution in [1.29, 1.82) is 0 Å². The molecule has 0 aromatic heterocycles. The van der Waals surface area contributed by atoms with Gasteiger partial charge in [-0.2, -0.15) is 0 Å². The Labute approximate surface area is 233 Å². The van der Waals surface area contributed by atoms with E-state index in [1.165, 1.54) is 77.2 Å². The Morgan fingerprint density at radius 1 is 0.462 bits per heavy atom. The molecule has 6 rings (SSSR count). The van der Waals surface area contributed by atoms with Gasteiger partial charge in [0.25, 0.3) is 0 Å². The van der Waals surface area contributed by atoms with E-state index < -0.39 is 0 Å². The molecule has 0 fully saturated rings. The van der Waals surface area contributed by atoms with E-state index in [9.17, 15) is 0 Å². The molecule has 6 aromatic carbocycles. The molecule has 0 aliphatic heterocycles. The van der Waals surface area contributed by atoms with Gasteiger partial charge in [0.15, 0.2) is 0 Å². The van der Waals surface area contributed by atoms with E-state index >= 15 is 0 Å². The molecule has 0 radical (unpaired) electrons. The summed E-state index contributed by atoms with van der Waals surface area (Å²) in [5.74, 6) is 0. The van der Waals surface area contributed by atoms with Crippen LogP contribution in [0.2, 0.25) is 0 Å². The van der Waals surface area contributed by atoms with Crippen molar-refractivity contribution < 1.29 is 0 Å². The third-order valence-electron chi connectivity index (χ3n) is 7.65. The van der Waals surface area contributed by atoms with E-state index in [4.69, 9.17) is 0 Å². The van der Waals surface area contributed by atoms with Crippen LogP contribution in [0.3, 0.4) is 0 Å². The zero-order valence-electron chi connectivity index (χ0n) is 23.7. The lowest BCUT2D eigenvalue weighted by Crippen LogP contribution is -1.95. The van der Waals surface area contributed by atoms with E-state index in [0.29, 0.717) is 0 Å². The van der Waals surface area contributed by atoms with Crippen LogP contribution >= 0.6 is 0 Å². The minimum absolute atomic E-state index is 1.17. The summed E-state index contributed by atoms with van der Waals surface area (Å²) < 4.78 is 0. The van der Waals surface area contributed by atoms with Crippen LogP contribution in [0.1, 0.15) is 33.4 Å². The van der Waals surface area contributed by atoms with Crippen LogP contribution in [0.15, 0.2) is 116 Å². The molecule has 0 saturated heterocycles. The Kier molecular flexibility index (Phi) is 7.48. The standard InChI is InChI=1S/C31H26.C8H10/c1-5-23-19-28(30-20(2)14-16-24-10-6-8-12-26(24)30)22(4)18-29(23)31-21(3)15-17-25-11-7-9-13-27(25)31;1-7-3-5-8(2)6-4-7/h5-19H,1H2,2-4H3;3-6H,1-2H3. The molecule has 6 aromatic rings. The van der Waals surface area contributed by atoms with Crippen molar-refractivity contribution in [2.45, 2.75) is 34.6 Å². The molecule has 0 heteroatoms. The molecular formula is C39H36. The van der Waals surface area contributed by atoms with E-state index in [1.54, 1.807) is 0 Å². The second-order valence-electron chi connectivity index (χ2n) is 10.6. The van der Waals surface area contributed by atoms with Gasteiger partial charge in [-0.25, -0.2) is 0 Å². The first kappa shape index (κ1) is 26.2. The summed E-state index contributed by atoms with van der Waals surface area (Å²) in [7, 11) is 0. The van der Waals surface area contributed by atoms with Crippen molar-refractivity contribution >= 4 is 27.6 Å². The molecule has 0 atom stereocenters. The summed E-state index contributed by atoms with van der Waals surface area (Å²) >= 11 is 0. The fraction of sp³-hybridized carbons (Fsp3) is 0.128. The normalized spacial score (nSPS) is 10.8. The van der Waals surface area contributed by atoms with E-state index in [1.807, 2.05) is 6.08 Å². The summed E-state index contributed by atoms with van der Waals surface area (Å²) in [5.41, 5.74) is 12.9. The maximum absolute atomic E-state index is 4.18. The zero-order valence-corrected chi connectivity index (χ0v) is 23.7. The Balaban J connectivity index is 0.000000332. The van der Waals surface area contributed by atoms with Gasteiger partial charge >= 0.3 is 0 Å². The highest BCUT2D eigenvalue weighted by atomic mass is 14.2. The molecule has 0 bridgehead atoms. The molecule has 0 spiro atoms. The van der Waals surface area contributed by atoms with Gasteiger partial charge in [0.05, 0.1) is 0 Å². The lowest BCUT2D eigenvalue weighted by Gasteiger charge is -2.19. The summed E-state index contributed by atoms with van der Waals surface area (Å²) in [6.07, 6.45) is 2.00. The predicted octanol–water partition coefficient (Wildman–Crippen LogP) is 11.2. The highest BCUT2D eigenvalue weighted by Gasteiger charge is 2.16. The van der Waals surface area contributed by atoms with Gasteiger partial charge in [-0.1, -0.05) is 127 Å². The van der Waals surface area contributed by atoms with Crippen molar-refractivity contribution in [3.63, 3.8) is 0 Å². The van der Waals surface area contributed by atoms with Gasteiger partial charge in [-0.05, 0) is 107 Å². The quantitative estimate of drug-likeness (QED) is 0.225. The number of hydrogen-bond donors (Lipinski definition) is 0. The average molecular weight is 505 g/mol. The monoisotopic (exact) mass is 504 g/mol. The first-order valence-corrected chi connectivity index (χ1v) is 13.6. The Bertz CT molecular complexity index is 1780. The highest BCUT2D eigenvalue weighted by molar-refractivity contribution is 6.03. The van der Waals surface area contributed by atoms with E-state index in [-0.39, 0.29) is 0 Å². The lowest BCUT2D eigenvalue weighted by atomic mass is 9.85. The molecule has 0 aliphatic carbocycles. The van der Waals surface area contributed by atoms with Crippen molar-refractivity contribution in [2.75, 3.05) is 0 Å². The Morgan fingerprint density at radius 3 is 1.41 bits per heavy atom. The number of fused-ring (bicyclic) bond motifs is 2. The van der Waals surface area contributed by atoms with Crippen LogP contribution in [0.5, 0.6) is 0 Å². The van der Waals surface area contributed by atoms with Gasteiger partial charge in [-0.3, -0.25) is 0 Å². The van der Waals surface area contributed by atoms with E-state index in [0.717, 1.165) is 0 Å². The van der Waals surface area contributed by atoms with Crippen LogP contribution in [0, 0.1) is 34.6 Å². The third kappa shape index (κ3) is 5.29. The van der Waals surface area contributed by atoms with Crippen molar-refractivity contribution in [3.05, 3.63) is 149 Å². The molecule has 0 heterocycles. The molecule has 192 valence electrons. The van der Waals surface area contributed by atoms with Crippen LogP contribution in [-0.2, 0) is 0 Å². The molecule has 0 aliphatic rings. The zero-order chi connectivity index (χ0) is 27.5. The molecule has 0 nitrogen and oxygen atoms in total. The molecule has 39 heavy (non-hydrogen) atoms. The van der Waals surface area contributed by atoms with Crippen LogP contribution < -0.4 is 0 Å². The second kappa shape index (κ2) is 11.1. The molecule has 0 saturated carbocycles. The minimum Gasteiger partial charge on any atom is -0.0984 e. The number of hydrogen-bond acceptors (Lipinski definition) is 0. The van der Waals surface area contributed by atoms with Gasteiger partial charge in [0, 0.05) is 0 Å². The fourth-order valence-corrected chi connectivity index (χ4v) is 5.49. The summed E-state index contributed by atoms with van der Waals surface area (Å²) in [4.78, 5) is 0. The van der Waals surface area contributed by atoms with Crippen molar-refractivity contribution in [1.82, 2.24) is 0 Å². The van der Waals surface area contributed by atoms with Crippen molar-refractivity contribution in [2.24, 2.45) is 0 Å². The smallest absolute Gasteiger partial charge is 0.00700 e. The van der Waals surface area contributed by atoms with Crippen LogP contribution in [-0.4, -0.2) is 0 Å². The van der Waals surface area contributed by atoms with Gasteiger partial charge < -0.3 is 0 Å². The first-order valence-electron chi connectivity index (χ1n) is 13.6. The minimum atomic E-state index is 1.17. The summed E-state index contributed by atoms with van der Waals surface area (Å²) in [6, 6.07) is 39.3. The van der Waals surface area contributed by atoms with Gasteiger partial charge in [0.2, 0.25) is 0 Å². The molecule has 0 N–H and O–H groups in total. The summed E-state index contributed by atoms with van der Waals surface area (Å²) in [5, 5.41) is 5.13. The molecular weight excluding hydrogens is 468 g/mol. The summed E-state index contributed by atoms with van der Waals surface area (Å²) in [6.45, 7) is 15.0. The maximum Gasteiger partial charge on any atom is -0.00700 e. The Hall–Kier alpha value is -4.42.